The summed E-state index contributed by atoms with van der Waals surface area (Å²) in [5, 5.41) is 5.31. The van der Waals surface area contributed by atoms with E-state index in [1.807, 2.05) is 0 Å². The third-order valence-electron chi connectivity index (χ3n) is 3.55. The van der Waals surface area contributed by atoms with Crippen LogP contribution in [0, 0.1) is 0 Å². The molecule has 0 spiro atoms. The van der Waals surface area contributed by atoms with Gasteiger partial charge in [0.2, 0.25) is 15.9 Å². The van der Waals surface area contributed by atoms with Crippen molar-refractivity contribution < 1.29 is 22.7 Å². The standard InChI is InChI=1S/C19H23N3O5S/c1-12(2)22-28(25,26)18-10-14(8-9-17(18)27-4)19(24)21-16-7-5-6-15(11-16)20-13(3)23/h5-12,22H,1-4H3,(H,20,23)(H,21,24). The fourth-order valence-corrected chi connectivity index (χ4v) is 3.93. The fourth-order valence-electron chi connectivity index (χ4n) is 2.48. The molecule has 0 bridgehead atoms. The van der Waals surface area contributed by atoms with E-state index in [4.69, 9.17) is 4.74 Å². The van der Waals surface area contributed by atoms with Crippen LogP contribution in [-0.2, 0) is 14.8 Å². The number of methoxy groups -OCH3 is 1. The second-order valence-electron chi connectivity index (χ2n) is 6.36. The molecular weight excluding hydrogens is 382 g/mol. The Morgan fingerprint density at radius 1 is 1.00 bits per heavy atom. The van der Waals surface area contributed by atoms with E-state index in [9.17, 15) is 18.0 Å². The summed E-state index contributed by atoms with van der Waals surface area (Å²) in [5.74, 6) is -0.591. The van der Waals surface area contributed by atoms with E-state index in [1.54, 1.807) is 38.1 Å². The van der Waals surface area contributed by atoms with Crippen LogP contribution < -0.4 is 20.1 Å². The average molecular weight is 405 g/mol. The Balaban J connectivity index is 2.32. The Hall–Kier alpha value is -2.91. The topological polar surface area (TPSA) is 114 Å². The molecule has 2 amide bonds. The van der Waals surface area contributed by atoms with Crippen molar-refractivity contribution in [3.05, 3.63) is 48.0 Å². The molecule has 2 rings (SSSR count). The maximum Gasteiger partial charge on any atom is 0.255 e. The molecule has 0 saturated carbocycles. The molecule has 0 unspecified atom stereocenters. The van der Waals surface area contributed by atoms with Gasteiger partial charge >= 0.3 is 0 Å². The Bertz CT molecular complexity index is 987. The molecule has 0 heterocycles. The number of anilines is 2. The monoisotopic (exact) mass is 405 g/mol. The number of amides is 2. The Kier molecular flexibility index (Phi) is 6.76. The first-order chi connectivity index (χ1) is 13.1. The summed E-state index contributed by atoms with van der Waals surface area (Å²) < 4.78 is 32.7. The Labute approximate surface area is 164 Å². The van der Waals surface area contributed by atoms with Crippen LogP contribution in [0.5, 0.6) is 5.75 Å². The zero-order valence-corrected chi connectivity index (χ0v) is 16.9. The van der Waals surface area contributed by atoms with Gasteiger partial charge in [0.15, 0.2) is 0 Å². The number of ether oxygens (including phenoxy) is 1. The number of benzene rings is 2. The van der Waals surface area contributed by atoms with Crippen LogP contribution in [0.2, 0.25) is 0 Å². The van der Waals surface area contributed by atoms with Crippen molar-refractivity contribution in [3.8, 4) is 5.75 Å². The quantitative estimate of drug-likeness (QED) is 0.655. The number of carbonyl (C=O) groups excluding carboxylic acids is 2. The molecule has 0 aliphatic carbocycles. The second-order valence-corrected chi connectivity index (χ2v) is 8.04. The first kappa shape index (κ1) is 21.4. The van der Waals surface area contributed by atoms with Crippen molar-refractivity contribution in [2.24, 2.45) is 0 Å². The van der Waals surface area contributed by atoms with E-state index in [0.717, 1.165) is 0 Å². The highest BCUT2D eigenvalue weighted by molar-refractivity contribution is 7.89. The molecule has 0 atom stereocenters. The zero-order chi connectivity index (χ0) is 20.9. The lowest BCUT2D eigenvalue weighted by atomic mass is 10.2. The molecule has 2 aromatic carbocycles. The maximum absolute atomic E-state index is 12.6. The molecule has 0 radical (unpaired) electrons. The first-order valence-corrected chi connectivity index (χ1v) is 10.00. The van der Waals surface area contributed by atoms with Gasteiger partial charge < -0.3 is 15.4 Å². The van der Waals surface area contributed by atoms with E-state index >= 15 is 0 Å². The molecule has 3 N–H and O–H groups in total. The van der Waals surface area contributed by atoms with Gasteiger partial charge in [-0.05, 0) is 50.2 Å². The SMILES string of the molecule is COc1ccc(C(=O)Nc2cccc(NC(C)=O)c2)cc1S(=O)(=O)NC(C)C. The van der Waals surface area contributed by atoms with Crippen molar-refractivity contribution in [2.75, 3.05) is 17.7 Å². The van der Waals surface area contributed by atoms with Crippen molar-refractivity contribution in [1.29, 1.82) is 0 Å². The van der Waals surface area contributed by atoms with Gasteiger partial charge in [-0.2, -0.15) is 0 Å². The molecule has 8 nitrogen and oxygen atoms in total. The lowest BCUT2D eigenvalue weighted by molar-refractivity contribution is -0.114. The van der Waals surface area contributed by atoms with Crippen molar-refractivity contribution >= 4 is 33.2 Å². The smallest absolute Gasteiger partial charge is 0.255 e. The maximum atomic E-state index is 12.6. The van der Waals surface area contributed by atoms with Gasteiger partial charge in [-0.3, -0.25) is 9.59 Å². The van der Waals surface area contributed by atoms with E-state index < -0.39 is 15.9 Å². The summed E-state index contributed by atoms with van der Waals surface area (Å²) in [4.78, 5) is 23.6. The molecule has 28 heavy (non-hydrogen) atoms. The van der Waals surface area contributed by atoms with Gasteiger partial charge in [-0.15, -0.1) is 0 Å². The van der Waals surface area contributed by atoms with Crippen LogP contribution in [0.1, 0.15) is 31.1 Å². The molecule has 2 aromatic rings. The van der Waals surface area contributed by atoms with E-state index in [2.05, 4.69) is 15.4 Å². The van der Waals surface area contributed by atoms with Gasteiger partial charge in [0.1, 0.15) is 10.6 Å². The second kappa shape index (κ2) is 8.85. The predicted octanol–water partition coefficient (Wildman–Crippen LogP) is 2.59. The number of carbonyl (C=O) groups is 2. The molecule has 9 heteroatoms. The summed E-state index contributed by atoms with van der Waals surface area (Å²) in [6.07, 6.45) is 0. The van der Waals surface area contributed by atoms with Crippen molar-refractivity contribution in [1.82, 2.24) is 4.72 Å². The van der Waals surface area contributed by atoms with E-state index in [1.165, 1.54) is 32.2 Å². The summed E-state index contributed by atoms with van der Waals surface area (Å²) in [5.41, 5.74) is 1.14. The third kappa shape index (κ3) is 5.54. The normalized spacial score (nSPS) is 11.2. The first-order valence-electron chi connectivity index (χ1n) is 8.51. The molecule has 150 valence electrons. The highest BCUT2D eigenvalue weighted by Crippen LogP contribution is 2.26. The molecule has 0 aliphatic rings. The zero-order valence-electron chi connectivity index (χ0n) is 16.1. The van der Waals surface area contributed by atoms with Crippen LogP contribution in [0.25, 0.3) is 0 Å². The third-order valence-corrected chi connectivity index (χ3v) is 5.23. The van der Waals surface area contributed by atoms with Gasteiger partial charge in [0, 0.05) is 29.9 Å². The minimum Gasteiger partial charge on any atom is -0.495 e. The van der Waals surface area contributed by atoms with Gasteiger partial charge in [-0.25, -0.2) is 13.1 Å². The van der Waals surface area contributed by atoms with Crippen molar-refractivity contribution in [3.63, 3.8) is 0 Å². The molecule has 0 saturated heterocycles. The summed E-state index contributed by atoms with van der Waals surface area (Å²) in [6, 6.07) is 10.5. The molecule has 0 aliphatic heterocycles. The van der Waals surface area contributed by atoms with Crippen LogP contribution in [-0.4, -0.2) is 33.4 Å². The number of hydrogen-bond acceptors (Lipinski definition) is 5. The van der Waals surface area contributed by atoms with Crippen LogP contribution in [0.3, 0.4) is 0 Å². The molecule has 0 aromatic heterocycles. The minimum atomic E-state index is -3.85. The number of rotatable bonds is 7. The molecular formula is C19H23N3O5S. The number of nitrogens with one attached hydrogen (secondary N) is 3. The van der Waals surface area contributed by atoms with Crippen molar-refractivity contribution in [2.45, 2.75) is 31.7 Å². The summed E-state index contributed by atoms with van der Waals surface area (Å²) >= 11 is 0. The van der Waals surface area contributed by atoms with Gasteiger partial charge in [0.25, 0.3) is 5.91 Å². The Morgan fingerprint density at radius 3 is 2.21 bits per heavy atom. The lowest BCUT2D eigenvalue weighted by Crippen LogP contribution is -2.30. The lowest BCUT2D eigenvalue weighted by Gasteiger charge is -2.14. The molecule has 0 fully saturated rings. The highest BCUT2D eigenvalue weighted by atomic mass is 32.2. The van der Waals surface area contributed by atoms with E-state index in [-0.39, 0.29) is 28.2 Å². The van der Waals surface area contributed by atoms with Crippen LogP contribution >= 0.6 is 0 Å². The summed E-state index contributed by atoms with van der Waals surface area (Å²) in [6.45, 7) is 4.78. The largest absolute Gasteiger partial charge is 0.495 e. The predicted molar refractivity (Wildman–Crippen MR) is 107 cm³/mol. The van der Waals surface area contributed by atoms with Crippen LogP contribution in [0.4, 0.5) is 11.4 Å². The number of sulfonamides is 1. The van der Waals surface area contributed by atoms with E-state index in [0.29, 0.717) is 11.4 Å². The Morgan fingerprint density at radius 2 is 1.64 bits per heavy atom. The van der Waals surface area contributed by atoms with Gasteiger partial charge in [-0.1, -0.05) is 6.07 Å². The number of hydrogen-bond donors (Lipinski definition) is 3. The highest BCUT2D eigenvalue weighted by Gasteiger charge is 2.22. The van der Waals surface area contributed by atoms with Gasteiger partial charge in [0.05, 0.1) is 7.11 Å². The fraction of sp³-hybridized carbons (Fsp3) is 0.263. The van der Waals surface area contributed by atoms with Crippen LogP contribution in [0.15, 0.2) is 47.4 Å². The average Bonchev–Trinajstić information content (AvgIpc) is 2.59. The summed E-state index contributed by atoms with van der Waals surface area (Å²) in [7, 11) is -2.50. The minimum absolute atomic E-state index is 0.122.